The van der Waals surface area contributed by atoms with Gasteiger partial charge in [-0.3, -0.25) is 0 Å². The molecule has 4 rings (SSSR count). The summed E-state index contributed by atoms with van der Waals surface area (Å²) in [6, 6.07) is 17.4. The molecule has 4 aromatic carbocycles. The Hall–Kier alpha value is -5.56. The minimum Gasteiger partial charge on any atom is -0.493 e. The molecule has 10 nitrogen and oxygen atoms in total. The van der Waals surface area contributed by atoms with Crippen LogP contribution in [0.3, 0.4) is 0 Å². The predicted octanol–water partition coefficient (Wildman–Crippen LogP) is 7.30. The van der Waals surface area contributed by atoms with Crippen LogP contribution in [0, 0.1) is 11.6 Å². The van der Waals surface area contributed by atoms with Crippen LogP contribution in [0.1, 0.15) is 53.3 Å². The number of unbranched alkanes of at least 4 members (excludes halogenated alkanes) is 2. The van der Waals surface area contributed by atoms with Crippen molar-refractivity contribution in [1.29, 1.82) is 0 Å². The topological polar surface area (TPSA) is 132 Å². The van der Waals surface area contributed by atoms with Crippen molar-refractivity contribution >= 4 is 27.7 Å². The maximum atomic E-state index is 14.7. The Labute approximate surface area is 288 Å². The standard InChI is InChI=1S/C37H34F2O10S/c1-3-5-20-45-27-12-18-31(33(38)23-27)36(41)48-25-8-14-29(15-9-25)50(43,44)30-16-10-26(11-17-30)49-37(42)32-19-13-28(24-34(32)39)46-21-6-7-22-47-35(40)4-2/h4,8-19,23-24H,2-3,5-7,20-22H2,1H3. The summed E-state index contributed by atoms with van der Waals surface area (Å²) in [6.45, 7) is 6.14. The highest BCUT2D eigenvalue weighted by molar-refractivity contribution is 7.91. The van der Waals surface area contributed by atoms with E-state index in [-0.39, 0.29) is 57.1 Å². The summed E-state index contributed by atoms with van der Waals surface area (Å²) in [5.41, 5.74) is -0.671. The van der Waals surface area contributed by atoms with Crippen LogP contribution in [0.4, 0.5) is 8.78 Å². The van der Waals surface area contributed by atoms with Crippen LogP contribution >= 0.6 is 0 Å². The zero-order valence-corrected chi connectivity index (χ0v) is 27.9. The number of hydrogen-bond acceptors (Lipinski definition) is 10. The van der Waals surface area contributed by atoms with Gasteiger partial charge in [0, 0.05) is 18.2 Å². The predicted molar refractivity (Wildman–Crippen MR) is 177 cm³/mol. The number of rotatable bonds is 17. The van der Waals surface area contributed by atoms with Crippen molar-refractivity contribution < 1.29 is 55.3 Å². The lowest BCUT2D eigenvalue weighted by atomic mass is 10.2. The van der Waals surface area contributed by atoms with Crippen LogP contribution in [-0.4, -0.2) is 46.1 Å². The summed E-state index contributed by atoms with van der Waals surface area (Å²) in [4.78, 5) is 35.9. The molecule has 4 aromatic rings. The fourth-order valence-electron chi connectivity index (χ4n) is 4.30. The number of carbonyl (C=O) groups is 3. The lowest BCUT2D eigenvalue weighted by Gasteiger charge is -2.10. The van der Waals surface area contributed by atoms with E-state index >= 15 is 0 Å². The van der Waals surface area contributed by atoms with Gasteiger partial charge in [0.1, 0.15) is 34.6 Å². The smallest absolute Gasteiger partial charge is 0.346 e. The normalized spacial score (nSPS) is 10.9. The summed E-state index contributed by atoms with van der Waals surface area (Å²) < 4.78 is 81.8. The second kappa shape index (κ2) is 17.7. The molecule has 0 aliphatic carbocycles. The van der Waals surface area contributed by atoms with E-state index in [1.165, 1.54) is 72.8 Å². The second-order valence-electron chi connectivity index (χ2n) is 10.6. The molecule has 0 radical (unpaired) electrons. The lowest BCUT2D eigenvalue weighted by Crippen LogP contribution is -2.11. The van der Waals surface area contributed by atoms with Crippen LogP contribution in [0.25, 0.3) is 0 Å². The molecule has 0 aliphatic rings. The van der Waals surface area contributed by atoms with Crippen molar-refractivity contribution in [1.82, 2.24) is 0 Å². The minimum absolute atomic E-state index is 0.00513. The largest absolute Gasteiger partial charge is 0.493 e. The maximum absolute atomic E-state index is 14.7. The molecular formula is C37H34F2O10S. The van der Waals surface area contributed by atoms with Gasteiger partial charge in [-0.2, -0.15) is 0 Å². The van der Waals surface area contributed by atoms with Gasteiger partial charge in [0.05, 0.1) is 40.7 Å². The van der Waals surface area contributed by atoms with Crippen molar-refractivity contribution in [2.45, 2.75) is 42.4 Å². The summed E-state index contributed by atoms with van der Waals surface area (Å²) in [5.74, 6) is -3.75. The number of esters is 3. The third-order valence-electron chi connectivity index (χ3n) is 7.00. The van der Waals surface area contributed by atoms with Crippen LogP contribution in [0.2, 0.25) is 0 Å². The van der Waals surface area contributed by atoms with Gasteiger partial charge < -0.3 is 23.7 Å². The van der Waals surface area contributed by atoms with Crippen molar-refractivity contribution in [3.63, 3.8) is 0 Å². The number of carbonyl (C=O) groups excluding carboxylic acids is 3. The molecule has 0 atom stereocenters. The molecule has 13 heteroatoms. The molecule has 0 saturated heterocycles. The average Bonchev–Trinajstić information content (AvgIpc) is 3.10. The molecule has 0 aliphatic heterocycles. The Morgan fingerprint density at radius 2 is 1.06 bits per heavy atom. The zero-order valence-electron chi connectivity index (χ0n) is 27.1. The van der Waals surface area contributed by atoms with E-state index in [9.17, 15) is 31.6 Å². The van der Waals surface area contributed by atoms with Gasteiger partial charge in [-0.25, -0.2) is 31.6 Å². The number of hydrogen-bond donors (Lipinski definition) is 0. The van der Waals surface area contributed by atoms with E-state index in [2.05, 4.69) is 6.58 Å². The average molecular weight is 709 g/mol. The van der Waals surface area contributed by atoms with Crippen LogP contribution in [-0.2, 0) is 19.4 Å². The zero-order chi connectivity index (χ0) is 36.1. The molecule has 50 heavy (non-hydrogen) atoms. The first-order chi connectivity index (χ1) is 24.0. The second-order valence-corrected chi connectivity index (χ2v) is 12.6. The number of ether oxygens (including phenoxy) is 5. The number of benzene rings is 4. The third kappa shape index (κ3) is 10.2. The Balaban J connectivity index is 1.31. The van der Waals surface area contributed by atoms with E-state index < -0.39 is 39.4 Å². The molecule has 0 heterocycles. The summed E-state index contributed by atoms with van der Waals surface area (Å²) in [6.07, 6.45) is 3.85. The number of halogens is 2. The molecule has 0 fully saturated rings. The quantitative estimate of drug-likeness (QED) is 0.0476. The van der Waals surface area contributed by atoms with E-state index in [1.54, 1.807) is 0 Å². The van der Waals surface area contributed by atoms with Crippen molar-refractivity contribution in [2.24, 2.45) is 0 Å². The van der Waals surface area contributed by atoms with Gasteiger partial charge in [0.25, 0.3) is 0 Å². The Kier molecular flexibility index (Phi) is 13.2. The highest BCUT2D eigenvalue weighted by atomic mass is 32.2. The molecule has 0 unspecified atom stereocenters. The van der Waals surface area contributed by atoms with Crippen LogP contribution in [0.5, 0.6) is 23.0 Å². The van der Waals surface area contributed by atoms with Gasteiger partial charge in [0.15, 0.2) is 0 Å². The molecule has 0 N–H and O–H groups in total. The van der Waals surface area contributed by atoms with Crippen molar-refractivity contribution in [3.05, 3.63) is 120 Å². The maximum Gasteiger partial charge on any atom is 0.346 e. The molecule has 0 spiro atoms. The van der Waals surface area contributed by atoms with Crippen molar-refractivity contribution in [2.75, 3.05) is 19.8 Å². The Bertz CT molecular complexity index is 1930. The fourth-order valence-corrected chi connectivity index (χ4v) is 5.56. The Morgan fingerprint density at radius 3 is 1.48 bits per heavy atom. The van der Waals surface area contributed by atoms with Gasteiger partial charge in [-0.05, 0) is 92.1 Å². The first-order valence-corrected chi connectivity index (χ1v) is 17.0. The monoisotopic (exact) mass is 708 g/mol. The third-order valence-corrected chi connectivity index (χ3v) is 8.78. The van der Waals surface area contributed by atoms with E-state index in [1.807, 2.05) is 6.92 Å². The van der Waals surface area contributed by atoms with Gasteiger partial charge in [-0.1, -0.05) is 19.9 Å². The first kappa shape index (κ1) is 37.3. The van der Waals surface area contributed by atoms with Gasteiger partial charge in [-0.15, -0.1) is 0 Å². The van der Waals surface area contributed by atoms with Crippen LogP contribution < -0.4 is 18.9 Å². The summed E-state index contributed by atoms with van der Waals surface area (Å²) in [5, 5.41) is 0. The molecule has 262 valence electrons. The SMILES string of the molecule is C=CC(=O)OCCCCOc1ccc(C(=O)Oc2ccc(S(=O)(=O)c3ccc(OC(=O)c4ccc(OCCCC)cc4F)cc3)cc2)c(F)c1. The molecule has 0 saturated carbocycles. The highest BCUT2D eigenvalue weighted by Crippen LogP contribution is 2.27. The summed E-state index contributed by atoms with van der Waals surface area (Å²) >= 11 is 0. The fraction of sp³-hybridized carbons (Fsp3) is 0.216. The molecule has 0 amide bonds. The molecule has 0 bridgehead atoms. The van der Waals surface area contributed by atoms with Crippen molar-refractivity contribution in [3.8, 4) is 23.0 Å². The van der Waals surface area contributed by atoms with E-state index in [4.69, 9.17) is 23.7 Å². The highest BCUT2D eigenvalue weighted by Gasteiger charge is 2.21. The molecule has 0 aromatic heterocycles. The van der Waals surface area contributed by atoms with E-state index in [0.717, 1.165) is 31.1 Å². The Morgan fingerprint density at radius 1 is 0.640 bits per heavy atom. The first-order valence-electron chi connectivity index (χ1n) is 15.5. The minimum atomic E-state index is -4.04. The summed E-state index contributed by atoms with van der Waals surface area (Å²) in [7, 11) is -4.04. The van der Waals surface area contributed by atoms with E-state index in [0.29, 0.717) is 19.4 Å². The number of sulfone groups is 1. The van der Waals surface area contributed by atoms with Gasteiger partial charge >= 0.3 is 17.9 Å². The molecular weight excluding hydrogens is 674 g/mol. The lowest BCUT2D eigenvalue weighted by molar-refractivity contribution is -0.137. The van der Waals surface area contributed by atoms with Gasteiger partial charge in [0.2, 0.25) is 9.84 Å². The van der Waals surface area contributed by atoms with Crippen LogP contribution in [0.15, 0.2) is 107 Å².